The van der Waals surface area contributed by atoms with Gasteiger partial charge in [0.15, 0.2) is 0 Å². The molecule has 2 rings (SSSR count). The highest BCUT2D eigenvalue weighted by Gasteiger charge is 2.30. The van der Waals surface area contributed by atoms with Crippen molar-refractivity contribution in [2.24, 2.45) is 5.41 Å². The molecule has 0 radical (unpaired) electrons. The van der Waals surface area contributed by atoms with Gasteiger partial charge in [0.2, 0.25) is 0 Å². The number of benzene rings is 1. The van der Waals surface area contributed by atoms with Gasteiger partial charge in [-0.3, -0.25) is 0 Å². The van der Waals surface area contributed by atoms with E-state index >= 15 is 0 Å². The van der Waals surface area contributed by atoms with Crippen molar-refractivity contribution in [3.05, 3.63) is 29.3 Å². The van der Waals surface area contributed by atoms with Crippen molar-refractivity contribution in [3.63, 3.8) is 0 Å². The molecule has 0 bridgehead atoms. The number of anilines is 1. The van der Waals surface area contributed by atoms with Crippen molar-refractivity contribution in [3.8, 4) is 0 Å². The molecule has 190 valence electrons. The molecule has 1 N–H and O–H groups in total. The van der Waals surface area contributed by atoms with E-state index in [1.54, 1.807) is 5.56 Å². The molecule has 1 aliphatic carbocycles. The Labute approximate surface area is 207 Å². The Kier molecular flexibility index (Phi) is 14.9. The van der Waals surface area contributed by atoms with Crippen LogP contribution in [-0.2, 0) is 6.42 Å². The number of rotatable bonds is 19. The second-order valence-electron chi connectivity index (χ2n) is 11.3. The normalized spacial score (nSPS) is 15.6. The zero-order valence-electron chi connectivity index (χ0n) is 22.8. The van der Waals surface area contributed by atoms with Gasteiger partial charge in [0.25, 0.3) is 0 Å². The van der Waals surface area contributed by atoms with E-state index in [-0.39, 0.29) is 0 Å². The summed E-state index contributed by atoms with van der Waals surface area (Å²) >= 11 is 0. The van der Waals surface area contributed by atoms with E-state index in [1.807, 2.05) is 0 Å². The van der Waals surface area contributed by atoms with Crippen LogP contribution in [0.1, 0.15) is 153 Å². The third kappa shape index (κ3) is 11.8. The Morgan fingerprint density at radius 2 is 1.30 bits per heavy atom. The van der Waals surface area contributed by atoms with E-state index in [2.05, 4.69) is 44.3 Å². The number of nitrogens with one attached hydrogen (secondary N) is 1. The number of unbranched alkanes of at least 4 members (excludes halogenated alkanes) is 11. The summed E-state index contributed by atoms with van der Waals surface area (Å²) in [6, 6.07) is 7.22. The fourth-order valence-corrected chi connectivity index (χ4v) is 6.00. The first-order valence-electron chi connectivity index (χ1n) is 15.0. The summed E-state index contributed by atoms with van der Waals surface area (Å²) in [4.78, 5) is 0. The molecule has 0 aromatic heterocycles. The third-order valence-electron chi connectivity index (χ3n) is 8.31. The van der Waals surface area contributed by atoms with Crippen LogP contribution in [0.5, 0.6) is 0 Å². The quantitative estimate of drug-likeness (QED) is 0.204. The van der Waals surface area contributed by atoms with Crippen LogP contribution < -0.4 is 5.32 Å². The zero-order chi connectivity index (χ0) is 23.6. The summed E-state index contributed by atoms with van der Waals surface area (Å²) in [7, 11) is 0. The predicted molar refractivity (Wildman–Crippen MR) is 149 cm³/mol. The molecule has 0 spiro atoms. The molecule has 1 aromatic rings. The SMILES string of the molecule is CCCCCCCCCC1(CCc2ccc(NCCCCCCCC)c(C)c2)CCCCC1. The average Bonchev–Trinajstić information content (AvgIpc) is 2.83. The van der Waals surface area contributed by atoms with Crippen molar-refractivity contribution in [1.29, 1.82) is 0 Å². The van der Waals surface area contributed by atoms with Gasteiger partial charge >= 0.3 is 0 Å². The average molecular weight is 456 g/mol. The largest absolute Gasteiger partial charge is 0.385 e. The van der Waals surface area contributed by atoms with Gasteiger partial charge in [0, 0.05) is 12.2 Å². The first-order chi connectivity index (χ1) is 16.2. The van der Waals surface area contributed by atoms with Gasteiger partial charge in [0.05, 0.1) is 0 Å². The lowest BCUT2D eigenvalue weighted by Gasteiger charge is -2.38. The van der Waals surface area contributed by atoms with E-state index in [4.69, 9.17) is 0 Å². The van der Waals surface area contributed by atoms with Gasteiger partial charge in [-0.25, -0.2) is 0 Å². The summed E-state index contributed by atoms with van der Waals surface area (Å²) in [5.74, 6) is 0. The first kappa shape index (κ1) is 28.3. The van der Waals surface area contributed by atoms with Crippen LogP contribution in [-0.4, -0.2) is 6.54 Å². The Bertz CT molecular complexity index is 599. The number of hydrogen-bond donors (Lipinski definition) is 1. The van der Waals surface area contributed by atoms with Gasteiger partial charge in [-0.15, -0.1) is 0 Å². The molecular weight excluding hydrogens is 398 g/mol. The highest BCUT2D eigenvalue weighted by atomic mass is 14.9. The van der Waals surface area contributed by atoms with Crippen molar-refractivity contribution in [1.82, 2.24) is 0 Å². The minimum Gasteiger partial charge on any atom is -0.385 e. The lowest BCUT2D eigenvalue weighted by Crippen LogP contribution is -2.25. The standard InChI is InChI=1S/C32H57N/c1-4-6-8-10-12-13-16-23-32(24-17-15-18-25-32)26-22-30-20-21-31(29(3)28-30)33-27-19-14-11-9-7-5-2/h20-21,28,33H,4-19,22-27H2,1-3H3. The monoisotopic (exact) mass is 455 g/mol. The molecule has 1 fully saturated rings. The van der Waals surface area contributed by atoms with E-state index in [9.17, 15) is 0 Å². The second-order valence-corrected chi connectivity index (χ2v) is 11.3. The third-order valence-corrected chi connectivity index (χ3v) is 8.31. The summed E-state index contributed by atoms with van der Waals surface area (Å²) in [5, 5.41) is 3.70. The Hall–Kier alpha value is -0.980. The fourth-order valence-electron chi connectivity index (χ4n) is 6.00. The van der Waals surface area contributed by atoms with E-state index in [1.165, 1.54) is 146 Å². The molecule has 0 atom stereocenters. The molecule has 1 aromatic carbocycles. The van der Waals surface area contributed by atoms with Crippen LogP contribution in [0.3, 0.4) is 0 Å². The lowest BCUT2D eigenvalue weighted by molar-refractivity contribution is 0.152. The molecule has 0 unspecified atom stereocenters. The van der Waals surface area contributed by atoms with Crippen LogP contribution in [0, 0.1) is 12.3 Å². The van der Waals surface area contributed by atoms with Crippen molar-refractivity contribution >= 4 is 5.69 Å². The maximum absolute atomic E-state index is 3.70. The minimum atomic E-state index is 0.643. The zero-order valence-corrected chi connectivity index (χ0v) is 22.8. The summed E-state index contributed by atoms with van der Waals surface area (Å²) in [6.45, 7) is 8.02. The predicted octanol–water partition coefficient (Wildman–Crippen LogP) is 10.8. The Balaban J connectivity index is 1.73. The molecule has 1 aliphatic rings. The van der Waals surface area contributed by atoms with Crippen molar-refractivity contribution < 1.29 is 0 Å². The number of aryl methyl sites for hydroxylation is 2. The molecule has 33 heavy (non-hydrogen) atoms. The van der Waals surface area contributed by atoms with Crippen LogP contribution in [0.4, 0.5) is 5.69 Å². The Morgan fingerprint density at radius 1 is 0.697 bits per heavy atom. The maximum Gasteiger partial charge on any atom is 0.0370 e. The highest BCUT2D eigenvalue weighted by Crippen LogP contribution is 2.44. The van der Waals surface area contributed by atoms with Crippen molar-refractivity contribution in [2.45, 2.75) is 156 Å². The molecular formula is C32H57N. The molecule has 1 nitrogen and oxygen atoms in total. The summed E-state index contributed by atoms with van der Waals surface area (Å²) in [6.07, 6.45) is 29.8. The van der Waals surface area contributed by atoms with Crippen LogP contribution in [0.15, 0.2) is 18.2 Å². The Morgan fingerprint density at radius 3 is 1.94 bits per heavy atom. The van der Waals surface area contributed by atoms with Crippen LogP contribution >= 0.6 is 0 Å². The van der Waals surface area contributed by atoms with Crippen molar-refractivity contribution in [2.75, 3.05) is 11.9 Å². The van der Waals surface area contributed by atoms with Gasteiger partial charge < -0.3 is 5.32 Å². The van der Waals surface area contributed by atoms with Gasteiger partial charge in [0.1, 0.15) is 0 Å². The van der Waals surface area contributed by atoms with Gasteiger partial charge in [-0.05, 0) is 68.1 Å². The van der Waals surface area contributed by atoms with Gasteiger partial charge in [-0.1, -0.05) is 122 Å². The molecule has 0 amide bonds. The summed E-state index contributed by atoms with van der Waals surface area (Å²) in [5.41, 5.74) is 4.98. The second kappa shape index (κ2) is 17.5. The highest BCUT2D eigenvalue weighted by molar-refractivity contribution is 5.52. The topological polar surface area (TPSA) is 12.0 Å². The van der Waals surface area contributed by atoms with Crippen LogP contribution in [0.25, 0.3) is 0 Å². The molecule has 0 aliphatic heterocycles. The smallest absolute Gasteiger partial charge is 0.0370 e. The first-order valence-corrected chi connectivity index (χ1v) is 15.0. The van der Waals surface area contributed by atoms with Gasteiger partial charge in [-0.2, -0.15) is 0 Å². The van der Waals surface area contributed by atoms with Crippen LogP contribution in [0.2, 0.25) is 0 Å². The number of hydrogen-bond acceptors (Lipinski definition) is 1. The van der Waals surface area contributed by atoms with E-state index in [0.29, 0.717) is 5.41 Å². The fraction of sp³-hybridized carbons (Fsp3) is 0.812. The van der Waals surface area contributed by atoms with E-state index in [0.717, 1.165) is 6.54 Å². The summed E-state index contributed by atoms with van der Waals surface area (Å²) < 4.78 is 0. The molecule has 0 heterocycles. The minimum absolute atomic E-state index is 0.643. The maximum atomic E-state index is 3.70. The molecule has 1 saturated carbocycles. The molecule has 1 heteroatoms. The lowest BCUT2D eigenvalue weighted by atomic mass is 9.68. The van der Waals surface area contributed by atoms with E-state index < -0.39 is 0 Å². The molecule has 0 saturated heterocycles.